The van der Waals surface area contributed by atoms with E-state index < -0.39 is 0 Å². The summed E-state index contributed by atoms with van der Waals surface area (Å²) in [6.45, 7) is 0. The van der Waals surface area contributed by atoms with Crippen LogP contribution in [-0.4, -0.2) is 24.1 Å². The molecule has 3 aliphatic rings. The molecular formula is C23H25BrN2O2. The zero-order chi connectivity index (χ0) is 19.1. The lowest BCUT2D eigenvalue weighted by Gasteiger charge is -2.42. The summed E-state index contributed by atoms with van der Waals surface area (Å²) >= 11 is 3.63. The summed E-state index contributed by atoms with van der Waals surface area (Å²) in [6, 6.07) is 14.8. The van der Waals surface area contributed by atoms with Crippen LogP contribution >= 0.6 is 15.9 Å². The van der Waals surface area contributed by atoms with Gasteiger partial charge in [0.15, 0.2) is 6.23 Å². The minimum absolute atomic E-state index is 0.0297. The quantitative estimate of drug-likeness (QED) is 0.594. The van der Waals surface area contributed by atoms with E-state index in [0.717, 1.165) is 33.7 Å². The molecule has 0 radical (unpaired) electrons. The van der Waals surface area contributed by atoms with Gasteiger partial charge in [0.05, 0.1) is 18.9 Å². The Morgan fingerprint density at radius 3 is 2.79 bits per heavy atom. The monoisotopic (exact) mass is 440 g/mol. The Kier molecular flexibility index (Phi) is 4.79. The Morgan fingerprint density at radius 1 is 1.11 bits per heavy atom. The Balaban J connectivity index is 1.53. The molecule has 4 nitrogen and oxygen atoms in total. The van der Waals surface area contributed by atoms with Crippen LogP contribution in [0.15, 0.2) is 52.0 Å². The zero-order valence-corrected chi connectivity index (χ0v) is 17.7. The number of fused-ring (bicyclic) bond motifs is 3. The van der Waals surface area contributed by atoms with Crippen molar-refractivity contribution in [2.75, 3.05) is 7.11 Å². The summed E-state index contributed by atoms with van der Waals surface area (Å²) in [6.07, 6.45) is 7.30. The first-order valence-corrected chi connectivity index (χ1v) is 11.0. The van der Waals surface area contributed by atoms with Gasteiger partial charge < -0.3 is 9.47 Å². The standard InChI is InChI=1S/C23H25BrN2O2/c1-27-18-9-5-8-16(12-18)20-14-21-19-13-17(24)10-11-22(19)28-23(26(21)25-20)15-6-3-2-4-7-15/h5,8-13,15,21,23H,2-4,6-7,14H2,1H3/t21-,23+/m1/s1. The van der Waals surface area contributed by atoms with Gasteiger partial charge in [-0.1, -0.05) is 47.3 Å². The highest BCUT2D eigenvalue weighted by molar-refractivity contribution is 9.10. The largest absolute Gasteiger partial charge is 0.497 e. The van der Waals surface area contributed by atoms with Crippen LogP contribution in [0.5, 0.6) is 11.5 Å². The predicted molar refractivity (Wildman–Crippen MR) is 114 cm³/mol. The fourth-order valence-electron chi connectivity index (χ4n) is 4.79. The third kappa shape index (κ3) is 3.20. The highest BCUT2D eigenvalue weighted by atomic mass is 79.9. The molecule has 5 heteroatoms. The first-order valence-electron chi connectivity index (χ1n) is 10.2. The first kappa shape index (κ1) is 18.0. The number of hydrogen-bond acceptors (Lipinski definition) is 4. The van der Waals surface area contributed by atoms with E-state index in [4.69, 9.17) is 14.6 Å². The fraction of sp³-hybridized carbons (Fsp3) is 0.435. The molecule has 1 saturated carbocycles. The van der Waals surface area contributed by atoms with Crippen LogP contribution in [0.1, 0.15) is 55.7 Å². The molecule has 0 unspecified atom stereocenters. The molecule has 5 rings (SSSR count). The number of nitrogens with zero attached hydrogens (tertiary/aromatic N) is 2. The van der Waals surface area contributed by atoms with Crippen molar-refractivity contribution in [3.63, 3.8) is 0 Å². The maximum Gasteiger partial charge on any atom is 0.190 e. The molecule has 0 aromatic heterocycles. The minimum Gasteiger partial charge on any atom is -0.497 e. The third-order valence-electron chi connectivity index (χ3n) is 6.24. The van der Waals surface area contributed by atoms with Crippen LogP contribution < -0.4 is 9.47 Å². The van der Waals surface area contributed by atoms with Crippen molar-refractivity contribution in [2.24, 2.45) is 11.0 Å². The molecule has 2 aromatic carbocycles. The van der Waals surface area contributed by atoms with Gasteiger partial charge in [-0.25, -0.2) is 5.01 Å². The normalized spacial score (nSPS) is 24.2. The second-order valence-electron chi connectivity index (χ2n) is 7.97. The molecule has 0 N–H and O–H groups in total. The molecule has 0 amide bonds. The minimum atomic E-state index is 0.0297. The molecule has 28 heavy (non-hydrogen) atoms. The Morgan fingerprint density at radius 2 is 1.96 bits per heavy atom. The summed E-state index contributed by atoms with van der Waals surface area (Å²) in [7, 11) is 1.71. The maximum atomic E-state index is 6.54. The smallest absolute Gasteiger partial charge is 0.190 e. The molecule has 0 bridgehead atoms. The first-order chi connectivity index (χ1) is 13.7. The van der Waals surface area contributed by atoms with Crippen LogP contribution in [0, 0.1) is 5.92 Å². The van der Waals surface area contributed by atoms with E-state index in [1.165, 1.54) is 37.7 Å². The van der Waals surface area contributed by atoms with E-state index in [9.17, 15) is 0 Å². The lowest BCUT2D eigenvalue weighted by atomic mass is 9.86. The molecular weight excluding hydrogens is 416 g/mol. The third-order valence-corrected chi connectivity index (χ3v) is 6.73. The van der Waals surface area contributed by atoms with Gasteiger partial charge in [0.25, 0.3) is 0 Å². The Hall–Kier alpha value is -2.01. The summed E-state index contributed by atoms with van der Waals surface area (Å²) < 4.78 is 13.0. The molecule has 1 fully saturated rings. The van der Waals surface area contributed by atoms with Crippen LogP contribution in [0.3, 0.4) is 0 Å². The predicted octanol–water partition coefficient (Wildman–Crippen LogP) is 5.91. The van der Waals surface area contributed by atoms with Crippen LogP contribution in [0.4, 0.5) is 0 Å². The van der Waals surface area contributed by atoms with Gasteiger partial charge in [0.1, 0.15) is 11.5 Å². The summed E-state index contributed by atoms with van der Waals surface area (Å²) in [5.74, 6) is 2.43. The van der Waals surface area contributed by atoms with E-state index in [1.807, 2.05) is 12.1 Å². The molecule has 2 heterocycles. The molecule has 146 valence electrons. The summed E-state index contributed by atoms with van der Waals surface area (Å²) in [5.41, 5.74) is 3.47. The SMILES string of the molecule is COc1cccc(C2=NN3[C@H](C2)c2cc(Br)ccc2O[C@H]3C2CCCCC2)c1. The van der Waals surface area contributed by atoms with Gasteiger partial charge in [-0.2, -0.15) is 5.10 Å². The fourth-order valence-corrected chi connectivity index (χ4v) is 5.17. The molecule has 2 aromatic rings. The van der Waals surface area contributed by atoms with Gasteiger partial charge in [-0.05, 0) is 43.2 Å². The van der Waals surface area contributed by atoms with E-state index in [2.05, 4.69) is 51.3 Å². The Bertz CT molecular complexity index is 907. The van der Waals surface area contributed by atoms with Gasteiger partial charge in [-0.3, -0.25) is 0 Å². The molecule has 2 aliphatic heterocycles. The van der Waals surface area contributed by atoms with Crippen molar-refractivity contribution in [2.45, 2.75) is 50.8 Å². The van der Waals surface area contributed by atoms with Crippen molar-refractivity contribution >= 4 is 21.6 Å². The number of methoxy groups -OCH3 is 1. The highest BCUT2D eigenvalue weighted by Crippen LogP contribution is 2.47. The number of halogens is 1. The number of hydrogen-bond donors (Lipinski definition) is 0. The van der Waals surface area contributed by atoms with E-state index in [-0.39, 0.29) is 12.3 Å². The number of ether oxygens (including phenoxy) is 2. The van der Waals surface area contributed by atoms with Crippen molar-refractivity contribution in [1.82, 2.24) is 5.01 Å². The highest BCUT2D eigenvalue weighted by Gasteiger charge is 2.43. The second-order valence-corrected chi connectivity index (χ2v) is 8.88. The zero-order valence-electron chi connectivity index (χ0n) is 16.1. The molecule has 1 aliphatic carbocycles. The topological polar surface area (TPSA) is 34.1 Å². The Labute approximate surface area is 174 Å². The van der Waals surface area contributed by atoms with Crippen LogP contribution in [0.25, 0.3) is 0 Å². The average Bonchev–Trinajstić information content (AvgIpc) is 3.20. The van der Waals surface area contributed by atoms with Gasteiger partial charge in [-0.15, -0.1) is 0 Å². The maximum absolute atomic E-state index is 6.54. The number of benzene rings is 2. The van der Waals surface area contributed by atoms with Crippen LogP contribution in [-0.2, 0) is 0 Å². The molecule has 0 spiro atoms. The van der Waals surface area contributed by atoms with E-state index in [1.54, 1.807) is 7.11 Å². The number of hydrazone groups is 1. The van der Waals surface area contributed by atoms with E-state index in [0.29, 0.717) is 5.92 Å². The van der Waals surface area contributed by atoms with Crippen LogP contribution in [0.2, 0.25) is 0 Å². The van der Waals surface area contributed by atoms with Crippen molar-refractivity contribution in [3.8, 4) is 11.5 Å². The summed E-state index contributed by atoms with van der Waals surface area (Å²) in [5, 5.41) is 7.34. The van der Waals surface area contributed by atoms with E-state index >= 15 is 0 Å². The van der Waals surface area contributed by atoms with Crippen molar-refractivity contribution in [1.29, 1.82) is 0 Å². The summed E-state index contributed by atoms with van der Waals surface area (Å²) in [4.78, 5) is 0. The van der Waals surface area contributed by atoms with Gasteiger partial charge in [0.2, 0.25) is 0 Å². The average molecular weight is 441 g/mol. The molecule has 0 saturated heterocycles. The van der Waals surface area contributed by atoms with Gasteiger partial charge >= 0.3 is 0 Å². The number of rotatable bonds is 3. The molecule has 2 atom stereocenters. The lowest BCUT2D eigenvalue weighted by Crippen LogP contribution is -2.45. The second kappa shape index (κ2) is 7.43. The van der Waals surface area contributed by atoms with Crippen molar-refractivity contribution < 1.29 is 9.47 Å². The van der Waals surface area contributed by atoms with Gasteiger partial charge in [0, 0.05) is 27.9 Å². The van der Waals surface area contributed by atoms with Crippen molar-refractivity contribution in [3.05, 3.63) is 58.1 Å². The lowest BCUT2D eigenvalue weighted by molar-refractivity contribution is -0.0644.